The van der Waals surface area contributed by atoms with Crippen LogP contribution in [0.3, 0.4) is 0 Å². The second-order valence-electron chi connectivity index (χ2n) is 4.38. The maximum absolute atomic E-state index is 5.46. The molecule has 2 nitrogen and oxygen atoms in total. The molecule has 0 bridgehead atoms. The monoisotopic (exact) mass is 205 g/mol. The highest BCUT2D eigenvalue weighted by Gasteiger charge is 2.13. The van der Waals surface area contributed by atoms with Crippen LogP contribution >= 0.6 is 0 Å². The highest BCUT2D eigenvalue weighted by atomic mass is 16.5. The molecule has 0 radical (unpaired) electrons. The van der Waals surface area contributed by atoms with Crippen molar-refractivity contribution in [2.24, 2.45) is 0 Å². The summed E-state index contributed by atoms with van der Waals surface area (Å²) in [7, 11) is 0. The molecule has 2 heteroatoms. The van der Waals surface area contributed by atoms with Gasteiger partial charge in [0, 0.05) is 18.3 Å². The van der Waals surface area contributed by atoms with Crippen LogP contribution in [-0.2, 0) is 4.74 Å². The fourth-order valence-corrected chi connectivity index (χ4v) is 1.97. The predicted molar refractivity (Wildman–Crippen MR) is 63.4 cm³/mol. The Bertz CT molecular complexity index is 329. The van der Waals surface area contributed by atoms with E-state index in [2.05, 4.69) is 37.4 Å². The lowest BCUT2D eigenvalue weighted by molar-refractivity contribution is 0.0876. The summed E-state index contributed by atoms with van der Waals surface area (Å²) in [6, 6.07) is 7.02. The zero-order valence-corrected chi connectivity index (χ0v) is 9.55. The Hall–Kier alpha value is -1.02. The van der Waals surface area contributed by atoms with Gasteiger partial charge in [0.05, 0.1) is 6.61 Å². The third-order valence-corrected chi connectivity index (χ3v) is 2.91. The van der Waals surface area contributed by atoms with E-state index in [1.54, 1.807) is 0 Å². The Morgan fingerprint density at radius 2 is 2.20 bits per heavy atom. The van der Waals surface area contributed by atoms with Crippen molar-refractivity contribution >= 4 is 5.69 Å². The minimum Gasteiger partial charge on any atom is -0.380 e. The summed E-state index contributed by atoms with van der Waals surface area (Å²) < 4.78 is 5.46. The Labute approximate surface area is 91.6 Å². The van der Waals surface area contributed by atoms with Gasteiger partial charge in [-0.3, -0.25) is 0 Å². The van der Waals surface area contributed by atoms with Gasteiger partial charge in [-0.25, -0.2) is 0 Å². The molecule has 0 aliphatic carbocycles. The average Bonchev–Trinajstić information content (AvgIpc) is 2.25. The molecule has 2 rings (SSSR count). The maximum Gasteiger partial charge on any atom is 0.0667 e. The predicted octanol–water partition coefficient (Wildman–Crippen LogP) is 2.89. The summed E-state index contributed by atoms with van der Waals surface area (Å²) in [6.45, 7) is 6.03. The molecule has 1 aliphatic heterocycles. The zero-order chi connectivity index (χ0) is 10.7. The lowest BCUT2D eigenvalue weighted by atomic mass is 10.1. The molecule has 15 heavy (non-hydrogen) atoms. The molecule has 1 heterocycles. The molecular weight excluding hydrogens is 186 g/mol. The van der Waals surface area contributed by atoms with Crippen LogP contribution in [0.1, 0.15) is 24.0 Å². The first kappa shape index (κ1) is 10.5. The lowest BCUT2D eigenvalue weighted by Gasteiger charge is -2.25. The largest absolute Gasteiger partial charge is 0.380 e. The summed E-state index contributed by atoms with van der Waals surface area (Å²) in [5.74, 6) is 0. The van der Waals surface area contributed by atoms with E-state index in [0.29, 0.717) is 6.04 Å². The normalized spacial score (nSPS) is 21.3. The molecule has 1 atom stereocenters. The van der Waals surface area contributed by atoms with Gasteiger partial charge in [0.2, 0.25) is 0 Å². The molecule has 1 saturated heterocycles. The smallest absolute Gasteiger partial charge is 0.0667 e. The Morgan fingerprint density at radius 1 is 1.33 bits per heavy atom. The van der Waals surface area contributed by atoms with E-state index in [4.69, 9.17) is 4.74 Å². The highest BCUT2D eigenvalue weighted by molar-refractivity contribution is 5.53. The molecule has 1 aromatic carbocycles. The van der Waals surface area contributed by atoms with E-state index in [1.807, 2.05) is 0 Å². The number of nitrogens with one attached hydrogen (secondary N) is 1. The maximum atomic E-state index is 5.46. The minimum absolute atomic E-state index is 0.485. The number of aryl methyl sites for hydroxylation is 2. The van der Waals surface area contributed by atoms with Crippen molar-refractivity contribution in [3.05, 3.63) is 29.3 Å². The SMILES string of the molecule is Cc1ccc(C)c(NC2CCCOC2)c1. The fourth-order valence-electron chi connectivity index (χ4n) is 1.97. The van der Waals surface area contributed by atoms with Crippen LogP contribution < -0.4 is 5.32 Å². The van der Waals surface area contributed by atoms with E-state index >= 15 is 0 Å². The number of anilines is 1. The van der Waals surface area contributed by atoms with Crippen molar-refractivity contribution in [3.8, 4) is 0 Å². The summed E-state index contributed by atoms with van der Waals surface area (Å²) in [6.07, 6.45) is 2.38. The summed E-state index contributed by atoms with van der Waals surface area (Å²) >= 11 is 0. The first-order valence-electron chi connectivity index (χ1n) is 5.67. The number of hydrogen-bond acceptors (Lipinski definition) is 2. The lowest BCUT2D eigenvalue weighted by Crippen LogP contribution is -2.30. The molecule has 0 spiro atoms. The van der Waals surface area contributed by atoms with Crippen molar-refractivity contribution in [1.29, 1.82) is 0 Å². The topological polar surface area (TPSA) is 21.3 Å². The molecule has 0 saturated carbocycles. The van der Waals surface area contributed by atoms with Gasteiger partial charge in [0.15, 0.2) is 0 Å². The number of hydrogen-bond donors (Lipinski definition) is 1. The van der Waals surface area contributed by atoms with Gasteiger partial charge < -0.3 is 10.1 Å². The first-order chi connectivity index (χ1) is 7.25. The van der Waals surface area contributed by atoms with Gasteiger partial charge in [0.25, 0.3) is 0 Å². The van der Waals surface area contributed by atoms with Crippen molar-refractivity contribution in [2.45, 2.75) is 32.7 Å². The Kier molecular flexibility index (Phi) is 3.27. The summed E-state index contributed by atoms with van der Waals surface area (Å²) in [5.41, 5.74) is 3.87. The standard InChI is InChI=1S/C13H19NO/c1-10-5-6-11(2)13(8-10)14-12-4-3-7-15-9-12/h5-6,8,12,14H,3-4,7,9H2,1-2H3. The van der Waals surface area contributed by atoms with E-state index in [9.17, 15) is 0 Å². The Morgan fingerprint density at radius 3 is 2.93 bits per heavy atom. The zero-order valence-electron chi connectivity index (χ0n) is 9.55. The molecule has 0 amide bonds. The van der Waals surface area contributed by atoms with E-state index in [0.717, 1.165) is 13.2 Å². The number of rotatable bonds is 2. The van der Waals surface area contributed by atoms with Crippen molar-refractivity contribution in [1.82, 2.24) is 0 Å². The van der Waals surface area contributed by atoms with Crippen molar-refractivity contribution in [2.75, 3.05) is 18.5 Å². The van der Waals surface area contributed by atoms with Gasteiger partial charge in [0.1, 0.15) is 0 Å². The second-order valence-corrected chi connectivity index (χ2v) is 4.38. The molecule has 82 valence electrons. The molecule has 1 N–H and O–H groups in total. The van der Waals surface area contributed by atoms with Gasteiger partial charge in [-0.1, -0.05) is 12.1 Å². The quantitative estimate of drug-likeness (QED) is 0.801. The van der Waals surface area contributed by atoms with Crippen LogP contribution in [0.25, 0.3) is 0 Å². The molecule has 1 aromatic rings. The van der Waals surface area contributed by atoms with Crippen molar-refractivity contribution < 1.29 is 4.74 Å². The molecule has 1 fully saturated rings. The van der Waals surface area contributed by atoms with E-state index in [-0.39, 0.29) is 0 Å². The summed E-state index contributed by atoms with van der Waals surface area (Å²) in [4.78, 5) is 0. The van der Waals surface area contributed by atoms with Gasteiger partial charge in [-0.15, -0.1) is 0 Å². The highest BCUT2D eigenvalue weighted by Crippen LogP contribution is 2.19. The first-order valence-corrected chi connectivity index (χ1v) is 5.67. The third kappa shape index (κ3) is 2.72. The molecular formula is C13H19NO. The van der Waals surface area contributed by atoms with Crippen molar-refractivity contribution in [3.63, 3.8) is 0 Å². The van der Waals surface area contributed by atoms with Crippen LogP contribution in [-0.4, -0.2) is 19.3 Å². The van der Waals surface area contributed by atoms with Gasteiger partial charge in [-0.2, -0.15) is 0 Å². The minimum atomic E-state index is 0.485. The summed E-state index contributed by atoms with van der Waals surface area (Å²) in [5, 5.41) is 3.56. The number of benzene rings is 1. The van der Waals surface area contributed by atoms with Crippen LogP contribution in [0.2, 0.25) is 0 Å². The van der Waals surface area contributed by atoms with Gasteiger partial charge >= 0.3 is 0 Å². The average molecular weight is 205 g/mol. The van der Waals surface area contributed by atoms with Crippen LogP contribution in [0, 0.1) is 13.8 Å². The van der Waals surface area contributed by atoms with E-state index in [1.165, 1.54) is 29.7 Å². The molecule has 1 unspecified atom stereocenters. The molecule has 0 aromatic heterocycles. The second kappa shape index (κ2) is 4.67. The van der Waals surface area contributed by atoms with Crippen LogP contribution in [0.15, 0.2) is 18.2 Å². The molecule has 1 aliphatic rings. The van der Waals surface area contributed by atoms with E-state index < -0.39 is 0 Å². The van der Waals surface area contributed by atoms with Gasteiger partial charge in [-0.05, 0) is 43.9 Å². The third-order valence-electron chi connectivity index (χ3n) is 2.91. The number of ether oxygens (including phenoxy) is 1. The fraction of sp³-hybridized carbons (Fsp3) is 0.538. The van der Waals surface area contributed by atoms with Crippen LogP contribution in [0.5, 0.6) is 0 Å². The Balaban J connectivity index is 2.05. The van der Waals surface area contributed by atoms with Crippen LogP contribution in [0.4, 0.5) is 5.69 Å².